The van der Waals surface area contributed by atoms with Crippen molar-refractivity contribution in [2.24, 2.45) is 0 Å². The molecule has 4 nitrogen and oxygen atoms in total. The second-order valence-corrected chi connectivity index (χ2v) is 5.63. The molecule has 2 heterocycles. The van der Waals surface area contributed by atoms with E-state index < -0.39 is 0 Å². The number of hydrogen-bond acceptors (Lipinski definition) is 2. The summed E-state index contributed by atoms with van der Waals surface area (Å²) in [5.41, 5.74) is 3.96. The van der Waals surface area contributed by atoms with E-state index in [1.807, 2.05) is 43.3 Å². The Kier molecular flexibility index (Phi) is 2.94. The van der Waals surface area contributed by atoms with Crippen molar-refractivity contribution >= 4 is 21.1 Å². The number of fused-ring (bicyclic) bond motifs is 1. The van der Waals surface area contributed by atoms with Gasteiger partial charge in [-0.15, -0.1) is 9.73 Å². The summed E-state index contributed by atoms with van der Waals surface area (Å²) in [4.78, 5) is 0. The predicted molar refractivity (Wildman–Crippen MR) is 87.9 cm³/mol. The lowest BCUT2D eigenvalue weighted by Gasteiger charge is -2.08. The summed E-state index contributed by atoms with van der Waals surface area (Å²) in [5, 5.41) is 10.1. The van der Waals surface area contributed by atoms with Crippen LogP contribution < -0.4 is 5.19 Å². The molecular weight excluding hydrogens is 288 g/mol. The van der Waals surface area contributed by atoms with Crippen LogP contribution in [0.5, 0.6) is 0 Å². The molecule has 5 heteroatoms. The highest BCUT2D eigenvalue weighted by molar-refractivity contribution is 6.37. The zero-order chi connectivity index (χ0) is 15.1. The van der Waals surface area contributed by atoms with E-state index in [4.69, 9.17) is 0 Å². The molecule has 0 unspecified atom stereocenters. The Balaban J connectivity index is 2.10. The van der Waals surface area contributed by atoms with Gasteiger partial charge in [0.25, 0.3) is 0 Å². The van der Waals surface area contributed by atoms with Crippen molar-refractivity contribution in [2.45, 2.75) is 6.92 Å². The van der Waals surface area contributed by atoms with Crippen LogP contribution in [0, 0.1) is 6.92 Å². The second kappa shape index (κ2) is 4.96. The highest BCUT2D eigenvalue weighted by Gasteiger charge is 2.18. The molecule has 22 heavy (non-hydrogen) atoms. The summed E-state index contributed by atoms with van der Waals surface area (Å²) >= 11 is 0. The van der Waals surface area contributed by atoms with Crippen molar-refractivity contribution in [3.8, 4) is 17.1 Å². The third kappa shape index (κ3) is 1.90. The van der Waals surface area contributed by atoms with Gasteiger partial charge in [0.2, 0.25) is 0 Å². The van der Waals surface area contributed by atoms with E-state index in [0.29, 0.717) is 0 Å². The Bertz CT molecular complexity index is 939. The van der Waals surface area contributed by atoms with Gasteiger partial charge in [0.05, 0.1) is 15.9 Å². The monoisotopic (exact) mass is 301 g/mol. The summed E-state index contributed by atoms with van der Waals surface area (Å²) in [5.74, 6) is 0.869. The van der Waals surface area contributed by atoms with Gasteiger partial charge in [-0.25, -0.2) is 0 Å². The molecule has 2 aromatic heterocycles. The molecule has 3 radical (unpaired) electrons. The van der Waals surface area contributed by atoms with Crippen molar-refractivity contribution in [1.29, 1.82) is 0 Å². The molecule has 0 saturated carbocycles. The zero-order valence-electron chi connectivity index (χ0n) is 12.1. The lowest BCUT2D eigenvalue weighted by atomic mass is 10.2. The van der Waals surface area contributed by atoms with Crippen LogP contribution in [0.4, 0.5) is 0 Å². The van der Waals surface area contributed by atoms with Crippen molar-refractivity contribution in [2.75, 3.05) is 0 Å². The van der Waals surface area contributed by atoms with Crippen LogP contribution in [0.15, 0.2) is 60.7 Å². The van der Waals surface area contributed by atoms with E-state index >= 15 is 0 Å². The van der Waals surface area contributed by atoms with E-state index in [9.17, 15) is 0 Å². The van der Waals surface area contributed by atoms with Crippen LogP contribution in [0.2, 0.25) is 0 Å². The number of aryl methyl sites for hydroxylation is 1. The Labute approximate surface area is 131 Å². The molecule has 0 aliphatic heterocycles. The van der Waals surface area contributed by atoms with Gasteiger partial charge in [0, 0.05) is 11.3 Å². The molecule has 2 aromatic carbocycles. The molecule has 4 rings (SSSR count). The van der Waals surface area contributed by atoms with Gasteiger partial charge < -0.3 is 0 Å². The van der Waals surface area contributed by atoms with E-state index in [-0.39, 0.29) is 0 Å². The van der Waals surface area contributed by atoms with Gasteiger partial charge in [-0.05, 0) is 24.2 Å². The normalized spacial score (nSPS) is 11.2. The fourth-order valence-corrected chi connectivity index (χ4v) is 2.86. The average Bonchev–Trinajstić information content (AvgIpc) is 3.06. The molecule has 0 atom stereocenters. The first-order chi connectivity index (χ1) is 10.8. The molecular formula is C17H13N4Si. The number of aromatic nitrogens is 4. The van der Waals surface area contributed by atoms with Gasteiger partial charge in [-0.3, -0.25) is 4.57 Å². The molecule has 0 spiro atoms. The van der Waals surface area contributed by atoms with Crippen molar-refractivity contribution in [1.82, 2.24) is 19.4 Å². The number of rotatable bonds is 2. The van der Waals surface area contributed by atoms with Crippen LogP contribution in [-0.2, 0) is 0 Å². The van der Waals surface area contributed by atoms with Gasteiger partial charge in [0.15, 0.2) is 11.5 Å². The SMILES string of the molecule is Cc1nn2nc(-c3ccccc3)n(-c3ccccc3)c2c1[Si]. The van der Waals surface area contributed by atoms with Crippen molar-refractivity contribution < 1.29 is 0 Å². The summed E-state index contributed by atoms with van der Waals surface area (Å²) < 4.78 is 3.81. The average molecular weight is 301 g/mol. The maximum atomic E-state index is 4.68. The zero-order valence-corrected chi connectivity index (χ0v) is 13.1. The van der Waals surface area contributed by atoms with Gasteiger partial charge in [-0.2, -0.15) is 5.10 Å². The Morgan fingerprint density at radius 2 is 1.50 bits per heavy atom. The van der Waals surface area contributed by atoms with E-state index in [2.05, 4.69) is 49.3 Å². The lowest BCUT2D eigenvalue weighted by Crippen LogP contribution is -2.09. The van der Waals surface area contributed by atoms with Crippen LogP contribution in [-0.4, -0.2) is 29.6 Å². The summed E-state index contributed by atoms with van der Waals surface area (Å²) in [7, 11) is 3.70. The predicted octanol–water partition coefficient (Wildman–Crippen LogP) is 2.29. The molecule has 105 valence electrons. The third-order valence-electron chi connectivity index (χ3n) is 3.68. The fraction of sp³-hybridized carbons (Fsp3) is 0.0588. The standard InChI is InChI=1S/C17H13N4Si/c1-12-15(22)17-20(14-10-6-3-7-11-14)16(19-21(17)18-12)13-8-4-2-5-9-13/h2-11H,1H3. The second-order valence-electron chi connectivity index (χ2n) is 5.13. The highest BCUT2D eigenvalue weighted by atomic mass is 28.1. The smallest absolute Gasteiger partial charge is 0.168 e. The quantitative estimate of drug-likeness (QED) is 0.533. The Hall–Kier alpha value is -2.66. The highest BCUT2D eigenvalue weighted by Crippen LogP contribution is 2.24. The van der Waals surface area contributed by atoms with Crippen molar-refractivity contribution in [3.05, 3.63) is 66.4 Å². The number of hydrogen-bond donors (Lipinski definition) is 0. The topological polar surface area (TPSA) is 35.1 Å². The number of nitrogens with zero attached hydrogens (tertiary/aromatic N) is 4. The molecule has 0 saturated heterocycles. The minimum Gasteiger partial charge on any atom is -0.276 e. The lowest BCUT2D eigenvalue weighted by molar-refractivity contribution is 0.810. The van der Waals surface area contributed by atoms with Crippen LogP contribution >= 0.6 is 0 Å². The Morgan fingerprint density at radius 3 is 2.18 bits per heavy atom. The van der Waals surface area contributed by atoms with E-state index in [1.54, 1.807) is 4.63 Å². The van der Waals surface area contributed by atoms with Gasteiger partial charge >= 0.3 is 0 Å². The minimum absolute atomic E-state index is 0.869. The third-order valence-corrected chi connectivity index (χ3v) is 4.26. The first kappa shape index (κ1) is 13.0. The van der Waals surface area contributed by atoms with Crippen LogP contribution in [0.1, 0.15) is 5.69 Å². The number of para-hydroxylation sites is 1. The van der Waals surface area contributed by atoms with Crippen LogP contribution in [0.3, 0.4) is 0 Å². The first-order valence-electron chi connectivity index (χ1n) is 7.06. The molecule has 4 aromatic rings. The molecule has 0 fully saturated rings. The number of benzene rings is 2. The maximum Gasteiger partial charge on any atom is 0.168 e. The summed E-state index contributed by atoms with van der Waals surface area (Å²) in [6.45, 7) is 1.97. The summed E-state index contributed by atoms with van der Waals surface area (Å²) in [6, 6.07) is 20.4. The van der Waals surface area contributed by atoms with Gasteiger partial charge in [-0.1, -0.05) is 48.5 Å². The van der Waals surface area contributed by atoms with E-state index in [1.165, 1.54) is 0 Å². The van der Waals surface area contributed by atoms with E-state index in [0.717, 1.165) is 33.6 Å². The minimum atomic E-state index is 0.869. The van der Waals surface area contributed by atoms with Crippen LogP contribution in [0.25, 0.3) is 22.7 Å². The molecule has 0 aliphatic carbocycles. The molecule has 0 amide bonds. The largest absolute Gasteiger partial charge is 0.276 e. The summed E-state index contributed by atoms with van der Waals surface area (Å²) in [6.07, 6.45) is 0. The van der Waals surface area contributed by atoms with Crippen molar-refractivity contribution in [3.63, 3.8) is 0 Å². The molecule has 0 N–H and O–H groups in total. The fourth-order valence-electron chi connectivity index (χ4n) is 2.60. The molecule has 0 bridgehead atoms. The van der Waals surface area contributed by atoms with Gasteiger partial charge in [0.1, 0.15) is 0 Å². The first-order valence-corrected chi connectivity index (χ1v) is 7.56. The maximum absolute atomic E-state index is 4.68. The Morgan fingerprint density at radius 1 is 0.864 bits per heavy atom. The molecule has 0 aliphatic rings.